The van der Waals surface area contributed by atoms with Gasteiger partial charge in [-0.25, -0.2) is 4.39 Å². The van der Waals surface area contributed by atoms with Gasteiger partial charge in [0.15, 0.2) is 0 Å². The number of methoxy groups -OCH3 is 1. The maximum atomic E-state index is 14.5. The highest BCUT2D eigenvalue weighted by molar-refractivity contribution is 6.13. The van der Waals surface area contributed by atoms with E-state index in [1.54, 1.807) is 19.2 Å². The van der Waals surface area contributed by atoms with Crippen LogP contribution in [0, 0.1) is 5.82 Å². The van der Waals surface area contributed by atoms with Crippen molar-refractivity contribution < 1.29 is 9.13 Å². The lowest BCUT2D eigenvalue weighted by Gasteiger charge is -2.13. The quantitative estimate of drug-likeness (QED) is 0.605. The second-order valence-electron chi connectivity index (χ2n) is 7.15. The van der Waals surface area contributed by atoms with Crippen molar-refractivity contribution in [1.29, 1.82) is 0 Å². The van der Waals surface area contributed by atoms with Gasteiger partial charge in [0.25, 0.3) is 0 Å². The SMILES string of the molecule is COc1ccc(CN=C(C2=C(N)CNC2)c2ccccc2F)cc1-c1ccccc1. The normalized spacial score (nSPS) is 14.3. The number of benzene rings is 3. The van der Waals surface area contributed by atoms with Gasteiger partial charge in [0.2, 0.25) is 0 Å². The van der Waals surface area contributed by atoms with Gasteiger partial charge in [0.05, 0.1) is 19.4 Å². The van der Waals surface area contributed by atoms with Crippen molar-refractivity contribution in [3.63, 3.8) is 0 Å². The van der Waals surface area contributed by atoms with Crippen LogP contribution >= 0.6 is 0 Å². The average molecular weight is 401 g/mol. The molecule has 0 fully saturated rings. The first-order valence-corrected chi connectivity index (χ1v) is 9.87. The molecule has 1 aliphatic heterocycles. The first-order valence-electron chi connectivity index (χ1n) is 9.87. The van der Waals surface area contributed by atoms with Gasteiger partial charge in [-0.1, -0.05) is 48.5 Å². The predicted molar refractivity (Wildman–Crippen MR) is 119 cm³/mol. The van der Waals surface area contributed by atoms with Crippen molar-refractivity contribution in [2.24, 2.45) is 10.7 Å². The number of ether oxygens (including phenoxy) is 1. The van der Waals surface area contributed by atoms with Crippen molar-refractivity contribution in [1.82, 2.24) is 5.32 Å². The number of nitrogens with two attached hydrogens (primary N) is 1. The van der Waals surface area contributed by atoms with Crippen LogP contribution in [-0.2, 0) is 6.54 Å². The Bertz CT molecular complexity index is 1110. The van der Waals surface area contributed by atoms with Crippen LogP contribution in [-0.4, -0.2) is 25.9 Å². The molecular weight excluding hydrogens is 377 g/mol. The Morgan fingerprint density at radius 1 is 1.03 bits per heavy atom. The van der Waals surface area contributed by atoms with E-state index in [1.807, 2.05) is 48.5 Å². The number of nitrogens with one attached hydrogen (secondary N) is 1. The van der Waals surface area contributed by atoms with E-state index in [2.05, 4.69) is 11.4 Å². The van der Waals surface area contributed by atoms with Crippen molar-refractivity contribution in [3.05, 3.63) is 101 Å². The topological polar surface area (TPSA) is 59.6 Å². The van der Waals surface area contributed by atoms with E-state index in [0.29, 0.717) is 36.6 Å². The summed E-state index contributed by atoms with van der Waals surface area (Å²) in [5.41, 5.74) is 11.9. The second kappa shape index (κ2) is 8.93. The molecule has 5 heteroatoms. The molecule has 0 saturated heterocycles. The molecule has 1 aliphatic rings. The number of hydrogen-bond acceptors (Lipinski definition) is 4. The first-order chi connectivity index (χ1) is 14.7. The lowest BCUT2D eigenvalue weighted by Crippen LogP contribution is -2.15. The molecule has 152 valence electrons. The summed E-state index contributed by atoms with van der Waals surface area (Å²) in [6.45, 7) is 1.57. The Morgan fingerprint density at radius 3 is 2.50 bits per heavy atom. The molecule has 30 heavy (non-hydrogen) atoms. The van der Waals surface area contributed by atoms with E-state index in [-0.39, 0.29) is 5.82 Å². The monoisotopic (exact) mass is 401 g/mol. The van der Waals surface area contributed by atoms with Crippen LogP contribution in [0.3, 0.4) is 0 Å². The van der Waals surface area contributed by atoms with Crippen LogP contribution in [0.2, 0.25) is 0 Å². The van der Waals surface area contributed by atoms with Crippen molar-refractivity contribution in [2.75, 3.05) is 20.2 Å². The molecule has 3 aromatic rings. The number of hydrogen-bond donors (Lipinski definition) is 2. The van der Waals surface area contributed by atoms with E-state index in [4.69, 9.17) is 15.5 Å². The van der Waals surface area contributed by atoms with Gasteiger partial charge in [0.1, 0.15) is 11.6 Å². The molecule has 0 aromatic heterocycles. The molecule has 3 N–H and O–H groups in total. The number of nitrogens with zero attached hydrogens (tertiary/aromatic N) is 1. The van der Waals surface area contributed by atoms with Gasteiger partial charge in [-0.3, -0.25) is 4.99 Å². The van der Waals surface area contributed by atoms with E-state index in [9.17, 15) is 4.39 Å². The van der Waals surface area contributed by atoms with Gasteiger partial charge < -0.3 is 15.8 Å². The Morgan fingerprint density at radius 2 is 1.80 bits per heavy atom. The summed E-state index contributed by atoms with van der Waals surface area (Å²) < 4.78 is 20.1. The van der Waals surface area contributed by atoms with Crippen LogP contribution in [0.1, 0.15) is 11.1 Å². The van der Waals surface area contributed by atoms with E-state index in [1.165, 1.54) is 6.07 Å². The maximum Gasteiger partial charge on any atom is 0.132 e. The van der Waals surface area contributed by atoms with Crippen molar-refractivity contribution in [2.45, 2.75) is 6.54 Å². The molecule has 0 unspecified atom stereocenters. The fourth-order valence-corrected chi connectivity index (χ4v) is 3.64. The molecule has 0 amide bonds. The molecule has 4 nitrogen and oxygen atoms in total. The van der Waals surface area contributed by atoms with Crippen LogP contribution in [0.15, 0.2) is 89.1 Å². The summed E-state index contributed by atoms with van der Waals surface area (Å²) in [5.74, 6) is 0.498. The molecule has 0 bridgehead atoms. The Labute approximate surface area is 175 Å². The Hall–Kier alpha value is -3.44. The first kappa shape index (κ1) is 19.9. The largest absolute Gasteiger partial charge is 0.496 e. The molecule has 1 heterocycles. The Balaban J connectivity index is 1.73. The smallest absolute Gasteiger partial charge is 0.132 e. The van der Waals surface area contributed by atoms with Gasteiger partial charge >= 0.3 is 0 Å². The van der Waals surface area contributed by atoms with E-state index in [0.717, 1.165) is 28.0 Å². The standard InChI is InChI=1S/C25H24FN3O/c1-30-24-12-11-17(13-20(24)18-7-3-2-4-8-18)14-29-25(21-15-28-16-23(21)27)19-9-5-6-10-22(19)26/h2-13,28H,14-16,27H2,1H3. The van der Waals surface area contributed by atoms with Crippen LogP contribution in [0.5, 0.6) is 5.75 Å². The summed E-state index contributed by atoms with van der Waals surface area (Å²) in [6.07, 6.45) is 0. The van der Waals surface area contributed by atoms with Crippen LogP contribution in [0.4, 0.5) is 4.39 Å². The fourth-order valence-electron chi connectivity index (χ4n) is 3.64. The highest BCUT2D eigenvalue weighted by Crippen LogP contribution is 2.31. The van der Waals surface area contributed by atoms with Crippen molar-refractivity contribution >= 4 is 5.71 Å². The average Bonchev–Trinajstić information content (AvgIpc) is 3.21. The lowest BCUT2D eigenvalue weighted by molar-refractivity contribution is 0.416. The second-order valence-corrected chi connectivity index (χ2v) is 7.15. The summed E-state index contributed by atoms with van der Waals surface area (Å²) in [4.78, 5) is 4.81. The lowest BCUT2D eigenvalue weighted by atomic mass is 10.00. The highest BCUT2D eigenvalue weighted by Gasteiger charge is 2.20. The third-order valence-corrected chi connectivity index (χ3v) is 5.19. The van der Waals surface area contributed by atoms with Gasteiger partial charge in [0, 0.05) is 35.5 Å². The number of aliphatic imine (C=N–C) groups is 1. The summed E-state index contributed by atoms with van der Waals surface area (Å²) in [7, 11) is 1.66. The molecule has 0 spiro atoms. The molecule has 4 rings (SSSR count). The summed E-state index contributed by atoms with van der Waals surface area (Å²) in [5, 5.41) is 3.22. The third kappa shape index (κ3) is 4.11. The van der Waals surface area contributed by atoms with Crippen LogP contribution < -0.4 is 15.8 Å². The molecule has 0 saturated carbocycles. The summed E-state index contributed by atoms with van der Waals surface area (Å²) >= 11 is 0. The predicted octanol–water partition coefficient (Wildman–Crippen LogP) is 4.31. The zero-order chi connectivity index (χ0) is 20.9. The molecule has 0 atom stereocenters. The minimum atomic E-state index is -0.303. The van der Waals surface area contributed by atoms with Crippen LogP contribution in [0.25, 0.3) is 11.1 Å². The Kier molecular flexibility index (Phi) is 5.91. The minimum Gasteiger partial charge on any atom is -0.496 e. The van der Waals surface area contributed by atoms with E-state index >= 15 is 0 Å². The number of halogens is 1. The zero-order valence-corrected chi connectivity index (χ0v) is 16.9. The number of rotatable bonds is 6. The highest BCUT2D eigenvalue weighted by atomic mass is 19.1. The minimum absolute atomic E-state index is 0.303. The van der Waals surface area contributed by atoms with Gasteiger partial charge in [-0.15, -0.1) is 0 Å². The molecule has 0 radical (unpaired) electrons. The maximum absolute atomic E-state index is 14.5. The van der Waals surface area contributed by atoms with Gasteiger partial charge in [-0.05, 0) is 35.4 Å². The molecular formula is C25H24FN3O. The molecule has 0 aliphatic carbocycles. The zero-order valence-electron chi connectivity index (χ0n) is 16.9. The van der Waals surface area contributed by atoms with Gasteiger partial charge in [-0.2, -0.15) is 0 Å². The van der Waals surface area contributed by atoms with E-state index < -0.39 is 0 Å². The third-order valence-electron chi connectivity index (χ3n) is 5.19. The molecule has 3 aromatic carbocycles. The summed E-state index contributed by atoms with van der Waals surface area (Å²) in [6, 6.07) is 22.8. The fraction of sp³-hybridized carbons (Fsp3) is 0.160. The van der Waals surface area contributed by atoms with Crippen molar-refractivity contribution in [3.8, 4) is 16.9 Å².